The van der Waals surface area contributed by atoms with Crippen molar-refractivity contribution < 1.29 is 66.2 Å². The van der Waals surface area contributed by atoms with Gasteiger partial charge in [0.1, 0.15) is 24.8 Å². The number of aromatic amines is 2. The molecule has 0 aromatic carbocycles. The summed E-state index contributed by atoms with van der Waals surface area (Å²) in [5.41, 5.74) is -11.3. The van der Waals surface area contributed by atoms with Gasteiger partial charge in [0.15, 0.2) is 20.2 Å². The van der Waals surface area contributed by atoms with E-state index in [1.54, 1.807) is 33.9 Å². The van der Waals surface area contributed by atoms with E-state index in [2.05, 4.69) is 9.97 Å². The van der Waals surface area contributed by atoms with Gasteiger partial charge in [0.05, 0.1) is 14.1 Å². The van der Waals surface area contributed by atoms with Crippen molar-refractivity contribution in [2.45, 2.75) is 11.0 Å². The van der Waals surface area contributed by atoms with Crippen LogP contribution in [-0.2, 0) is 34.3 Å². The molecule has 0 atom stereocenters. The first-order chi connectivity index (χ1) is 13.2. The zero-order valence-electron chi connectivity index (χ0n) is 14.6. The highest BCUT2D eigenvalue weighted by molar-refractivity contribution is 7.86. The van der Waals surface area contributed by atoms with Crippen LogP contribution in [0, 0.1) is 0 Å². The molecule has 11 nitrogen and oxygen atoms in total. The molecule has 0 amide bonds. The van der Waals surface area contributed by atoms with Gasteiger partial charge in [0, 0.05) is 0 Å². The number of imidazole rings is 2. The molecular weight excluding hydrogens is 478 g/mol. The SMILES string of the molecule is C[n+]1cc[nH]c1C(=O)c1[nH]cc[n+]1C.O=S(=O)([O-])C(F)(F)F.O=S(=O)([O-])C(F)(F)F. The maximum Gasteiger partial charge on any atom is 0.485 e. The van der Waals surface area contributed by atoms with Crippen molar-refractivity contribution in [1.82, 2.24) is 9.97 Å². The fourth-order valence-electron chi connectivity index (χ4n) is 1.37. The molecule has 2 rings (SSSR count). The van der Waals surface area contributed by atoms with Gasteiger partial charge in [-0.1, -0.05) is 0 Å². The first-order valence-electron chi connectivity index (χ1n) is 6.85. The van der Waals surface area contributed by atoms with Crippen LogP contribution >= 0.6 is 0 Å². The highest BCUT2D eigenvalue weighted by Crippen LogP contribution is 2.21. The van der Waals surface area contributed by atoms with Crippen LogP contribution in [-0.4, -0.2) is 52.7 Å². The number of carbonyl (C=O) groups excluding carboxylic acids is 1. The number of aromatic nitrogens is 4. The third-order valence-corrected chi connectivity index (χ3v) is 3.87. The summed E-state index contributed by atoms with van der Waals surface area (Å²) in [5.74, 6) is 1.07. The number of alkyl halides is 6. The van der Waals surface area contributed by atoms with Gasteiger partial charge in [-0.05, 0) is 0 Å². The molecule has 2 heterocycles. The molecule has 0 fully saturated rings. The summed E-state index contributed by atoms with van der Waals surface area (Å²) in [6.07, 6.45) is 7.07. The maximum absolute atomic E-state index is 11.9. The summed E-state index contributed by atoms with van der Waals surface area (Å²) >= 11 is 0. The van der Waals surface area contributed by atoms with Gasteiger partial charge >= 0.3 is 28.4 Å². The van der Waals surface area contributed by atoms with Crippen molar-refractivity contribution in [2.75, 3.05) is 0 Å². The zero-order chi connectivity index (χ0) is 24.1. The van der Waals surface area contributed by atoms with E-state index in [0.717, 1.165) is 0 Å². The second-order valence-corrected chi connectivity index (χ2v) is 7.71. The van der Waals surface area contributed by atoms with Crippen molar-refractivity contribution >= 4 is 26.0 Å². The topological polar surface area (TPSA) is 171 Å². The van der Waals surface area contributed by atoms with Crippen LogP contribution in [0.4, 0.5) is 26.3 Å². The monoisotopic (exact) mass is 490 g/mol. The van der Waals surface area contributed by atoms with E-state index in [9.17, 15) is 31.1 Å². The first-order valence-corrected chi connectivity index (χ1v) is 9.66. The van der Waals surface area contributed by atoms with E-state index in [1.165, 1.54) is 0 Å². The number of carbonyl (C=O) groups is 1. The minimum Gasteiger partial charge on any atom is -0.741 e. The first kappa shape index (κ1) is 27.5. The summed E-state index contributed by atoms with van der Waals surface area (Å²) in [6.45, 7) is 0. The Balaban J connectivity index is 0.000000456. The number of nitrogens with one attached hydrogen (secondary N) is 2. The van der Waals surface area contributed by atoms with E-state index in [1.807, 2.05) is 14.1 Å². The zero-order valence-corrected chi connectivity index (χ0v) is 16.3. The molecule has 0 radical (unpaired) electrons. The Hall–Kier alpha value is -2.51. The summed E-state index contributed by atoms with van der Waals surface area (Å²) < 4.78 is 121. The number of rotatable bonds is 2. The molecule has 0 bridgehead atoms. The molecule has 19 heteroatoms. The second kappa shape index (κ2) is 9.53. The highest BCUT2D eigenvalue weighted by atomic mass is 32.2. The molecule has 2 N–H and O–H groups in total. The molecule has 2 aromatic heterocycles. The predicted octanol–water partition coefficient (Wildman–Crippen LogP) is -0.674. The lowest BCUT2D eigenvalue weighted by molar-refractivity contribution is -0.679. The van der Waals surface area contributed by atoms with Gasteiger partial charge in [-0.3, -0.25) is 4.79 Å². The molecule has 0 saturated carbocycles. The smallest absolute Gasteiger partial charge is 0.485 e. The molecule has 2 aromatic rings. The Morgan fingerprint density at radius 1 is 0.800 bits per heavy atom. The van der Waals surface area contributed by atoms with Crippen molar-refractivity contribution in [1.29, 1.82) is 0 Å². The second-order valence-electron chi connectivity index (χ2n) is 4.97. The van der Waals surface area contributed by atoms with E-state index >= 15 is 0 Å². The van der Waals surface area contributed by atoms with Crippen LogP contribution in [0.5, 0.6) is 0 Å². The summed E-state index contributed by atoms with van der Waals surface area (Å²) in [5, 5.41) is 0. The number of halogens is 6. The number of hydrogen-bond donors (Lipinski definition) is 2. The molecule has 0 saturated heterocycles. The molecule has 0 spiro atoms. The Bertz CT molecular complexity index is 986. The van der Waals surface area contributed by atoms with E-state index in [0.29, 0.717) is 11.6 Å². The van der Waals surface area contributed by atoms with Crippen LogP contribution < -0.4 is 9.13 Å². The van der Waals surface area contributed by atoms with Gasteiger partial charge in [-0.15, -0.1) is 0 Å². The molecule has 0 aliphatic rings. The molecule has 30 heavy (non-hydrogen) atoms. The summed E-state index contributed by atoms with van der Waals surface area (Å²) in [6, 6.07) is 0. The Labute approximate surface area is 164 Å². The fourth-order valence-corrected chi connectivity index (χ4v) is 1.37. The highest BCUT2D eigenvalue weighted by Gasteiger charge is 2.37. The van der Waals surface area contributed by atoms with Crippen LogP contribution in [0.1, 0.15) is 16.4 Å². The molecule has 0 aliphatic heterocycles. The van der Waals surface area contributed by atoms with Gasteiger partial charge in [-0.25, -0.2) is 35.9 Å². The van der Waals surface area contributed by atoms with Gasteiger partial charge in [0.2, 0.25) is 0 Å². The van der Waals surface area contributed by atoms with Crippen molar-refractivity contribution in [3.05, 3.63) is 36.4 Å². The molecule has 0 aliphatic carbocycles. The van der Waals surface area contributed by atoms with Crippen LogP contribution in [0.3, 0.4) is 0 Å². The number of nitrogens with zero attached hydrogens (tertiary/aromatic N) is 2. The van der Waals surface area contributed by atoms with Crippen LogP contribution in [0.15, 0.2) is 24.8 Å². The number of ketones is 1. The minimum atomic E-state index is -6.09. The number of hydrogen-bond acceptors (Lipinski definition) is 7. The maximum atomic E-state index is 11.9. The standard InChI is InChI=1S/C9H10N4O.2CHF3O3S/c1-12-5-3-10-8(12)7(14)9-11-4-6-13(9)2;2*2-1(3,4)8(5,6)7/h3-6H,1-2H3;2*(H,5,6,7). The van der Waals surface area contributed by atoms with Gasteiger partial charge in [0.25, 0.3) is 0 Å². The van der Waals surface area contributed by atoms with E-state index < -0.39 is 31.3 Å². The van der Waals surface area contributed by atoms with Crippen LogP contribution in [0.25, 0.3) is 0 Å². The Morgan fingerprint density at radius 3 is 1.17 bits per heavy atom. The van der Waals surface area contributed by atoms with Crippen molar-refractivity contribution in [3.8, 4) is 0 Å². The quantitative estimate of drug-likeness (QED) is 0.185. The normalized spacial score (nSPS) is 12.3. The fraction of sp³-hybridized carbons (Fsp3) is 0.364. The van der Waals surface area contributed by atoms with Gasteiger partial charge in [-0.2, -0.15) is 26.3 Å². The Kier molecular flexibility index (Phi) is 8.74. The molecular formula is C11H12F6N4O7S2. The average Bonchev–Trinajstić information content (AvgIpc) is 3.12. The minimum absolute atomic E-state index is 0.0509. The third-order valence-electron chi connectivity index (χ3n) is 2.74. The number of aryl methyl sites for hydroxylation is 2. The van der Waals surface area contributed by atoms with Crippen molar-refractivity contribution in [2.24, 2.45) is 14.1 Å². The lowest BCUT2D eigenvalue weighted by atomic mass is 10.3. The predicted molar refractivity (Wildman–Crippen MR) is 78.9 cm³/mol. The largest absolute Gasteiger partial charge is 0.741 e. The summed E-state index contributed by atoms with van der Waals surface area (Å²) in [4.78, 5) is 17.7. The van der Waals surface area contributed by atoms with E-state index in [-0.39, 0.29) is 5.78 Å². The average molecular weight is 490 g/mol. The molecule has 0 unspecified atom stereocenters. The Morgan fingerprint density at radius 2 is 1.03 bits per heavy atom. The van der Waals surface area contributed by atoms with Gasteiger partial charge < -0.3 is 9.11 Å². The summed E-state index contributed by atoms with van der Waals surface area (Å²) in [7, 11) is -8.53. The number of H-pyrrole nitrogens is 2. The lowest BCUT2D eigenvalue weighted by Crippen LogP contribution is -2.39. The van der Waals surface area contributed by atoms with Crippen molar-refractivity contribution in [3.63, 3.8) is 0 Å². The van der Waals surface area contributed by atoms with Crippen LogP contribution in [0.2, 0.25) is 0 Å². The van der Waals surface area contributed by atoms with E-state index in [4.69, 9.17) is 25.9 Å². The molecule has 172 valence electrons. The lowest BCUT2D eigenvalue weighted by Gasteiger charge is -2.08. The third kappa shape index (κ3) is 8.08.